The maximum absolute atomic E-state index is 11.9. The third-order valence-corrected chi connectivity index (χ3v) is 3.23. The van der Waals surface area contributed by atoms with E-state index in [-0.39, 0.29) is 22.9 Å². The van der Waals surface area contributed by atoms with E-state index in [1.165, 1.54) is 12.1 Å². The average molecular weight is 308 g/mol. The van der Waals surface area contributed by atoms with Gasteiger partial charge in [-0.2, -0.15) is 0 Å². The van der Waals surface area contributed by atoms with E-state index in [0.717, 1.165) is 0 Å². The maximum atomic E-state index is 11.9. The SMILES string of the molecule is O=C(CNC(=O)c1ccc(Cl)cc1Cl)c1ccccc1. The molecule has 1 amide bonds. The highest BCUT2D eigenvalue weighted by molar-refractivity contribution is 6.36. The fraction of sp³-hybridized carbons (Fsp3) is 0.0667. The summed E-state index contributed by atoms with van der Waals surface area (Å²) in [5.41, 5.74) is 0.840. The first-order chi connectivity index (χ1) is 9.58. The maximum Gasteiger partial charge on any atom is 0.253 e. The van der Waals surface area contributed by atoms with Gasteiger partial charge >= 0.3 is 0 Å². The summed E-state index contributed by atoms with van der Waals surface area (Å²) < 4.78 is 0. The number of carbonyl (C=O) groups excluding carboxylic acids is 2. The number of rotatable bonds is 4. The molecule has 0 heterocycles. The van der Waals surface area contributed by atoms with Gasteiger partial charge in [0.05, 0.1) is 17.1 Å². The van der Waals surface area contributed by atoms with Crippen LogP contribution in [0.1, 0.15) is 20.7 Å². The molecule has 2 aromatic rings. The van der Waals surface area contributed by atoms with Crippen molar-refractivity contribution in [2.24, 2.45) is 0 Å². The predicted octanol–water partition coefficient (Wildman–Crippen LogP) is 3.61. The van der Waals surface area contributed by atoms with Gasteiger partial charge in [-0.25, -0.2) is 0 Å². The van der Waals surface area contributed by atoms with Gasteiger partial charge in [0, 0.05) is 10.6 Å². The summed E-state index contributed by atoms with van der Waals surface area (Å²) in [6, 6.07) is 13.3. The summed E-state index contributed by atoms with van der Waals surface area (Å²) in [7, 11) is 0. The molecule has 2 aromatic carbocycles. The summed E-state index contributed by atoms with van der Waals surface area (Å²) in [6.45, 7) is -0.0815. The lowest BCUT2D eigenvalue weighted by Crippen LogP contribution is -2.29. The minimum atomic E-state index is -0.407. The molecule has 0 saturated carbocycles. The van der Waals surface area contributed by atoms with Gasteiger partial charge in [0.25, 0.3) is 5.91 Å². The normalized spacial score (nSPS) is 10.1. The minimum absolute atomic E-state index is 0.0815. The zero-order chi connectivity index (χ0) is 14.5. The second-order valence-electron chi connectivity index (χ2n) is 4.10. The van der Waals surface area contributed by atoms with Crippen molar-refractivity contribution in [1.29, 1.82) is 0 Å². The Kier molecular flexibility index (Phi) is 4.77. The van der Waals surface area contributed by atoms with Crippen molar-refractivity contribution in [3.63, 3.8) is 0 Å². The standard InChI is InChI=1S/C15H11Cl2NO2/c16-11-6-7-12(13(17)8-11)15(20)18-9-14(19)10-4-2-1-3-5-10/h1-8H,9H2,(H,18,20). The van der Waals surface area contributed by atoms with Crippen molar-refractivity contribution in [3.8, 4) is 0 Å². The lowest BCUT2D eigenvalue weighted by atomic mass is 10.1. The number of amides is 1. The summed E-state index contributed by atoms with van der Waals surface area (Å²) in [5.74, 6) is -0.569. The second-order valence-corrected chi connectivity index (χ2v) is 4.94. The molecular weight excluding hydrogens is 297 g/mol. The molecule has 0 saturated heterocycles. The van der Waals surface area contributed by atoms with Crippen molar-refractivity contribution in [3.05, 3.63) is 69.7 Å². The smallest absolute Gasteiger partial charge is 0.253 e. The van der Waals surface area contributed by atoms with Crippen molar-refractivity contribution < 1.29 is 9.59 Å². The van der Waals surface area contributed by atoms with Gasteiger partial charge in [-0.05, 0) is 18.2 Å². The highest BCUT2D eigenvalue weighted by Crippen LogP contribution is 2.20. The lowest BCUT2D eigenvalue weighted by Gasteiger charge is -2.06. The number of carbonyl (C=O) groups is 2. The van der Waals surface area contributed by atoms with Crippen LogP contribution >= 0.6 is 23.2 Å². The first-order valence-corrected chi connectivity index (χ1v) is 6.65. The third-order valence-electron chi connectivity index (χ3n) is 2.68. The quantitative estimate of drug-likeness (QED) is 0.877. The van der Waals surface area contributed by atoms with Gasteiger partial charge in [0.2, 0.25) is 0 Å². The van der Waals surface area contributed by atoms with Crippen LogP contribution in [0.4, 0.5) is 0 Å². The van der Waals surface area contributed by atoms with E-state index in [1.807, 2.05) is 6.07 Å². The third kappa shape index (κ3) is 3.59. The van der Waals surface area contributed by atoms with E-state index in [4.69, 9.17) is 23.2 Å². The summed E-state index contributed by atoms with van der Waals surface area (Å²) in [6.07, 6.45) is 0. The van der Waals surface area contributed by atoms with Crippen LogP contribution in [-0.4, -0.2) is 18.2 Å². The predicted molar refractivity (Wildman–Crippen MR) is 79.6 cm³/mol. The molecule has 5 heteroatoms. The molecule has 0 aliphatic heterocycles. The summed E-state index contributed by atoms with van der Waals surface area (Å²) >= 11 is 11.7. The van der Waals surface area contributed by atoms with Crippen LogP contribution < -0.4 is 5.32 Å². The Morgan fingerprint density at radius 3 is 2.35 bits per heavy atom. The molecule has 0 unspecified atom stereocenters. The zero-order valence-electron chi connectivity index (χ0n) is 10.4. The van der Waals surface area contributed by atoms with Gasteiger partial charge in [0.15, 0.2) is 5.78 Å². The van der Waals surface area contributed by atoms with Gasteiger partial charge in [-0.15, -0.1) is 0 Å². The minimum Gasteiger partial charge on any atom is -0.345 e. The van der Waals surface area contributed by atoms with Gasteiger partial charge in [-0.1, -0.05) is 53.5 Å². The number of hydrogen-bond acceptors (Lipinski definition) is 2. The van der Waals surface area contributed by atoms with E-state index >= 15 is 0 Å². The number of benzene rings is 2. The number of halogens is 2. The second kappa shape index (κ2) is 6.55. The van der Waals surface area contributed by atoms with E-state index in [1.54, 1.807) is 30.3 Å². The molecule has 3 nitrogen and oxygen atoms in total. The molecule has 20 heavy (non-hydrogen) atoms. The Morgan fingerprint density at radius 2 is 1.70 bits per heavy atom. The van der Waals surface area contributed by atoms with Crippen LogP contribution in [0.15, 0.2) is 48.5 Å². The molecule has 0 fully saturated rings. The largest absolute Gasteiger partial charge is 0.345 e. The number of ketones is 1. The first-order valence-electron chi connectivity index (χ1n) is 5.89. The van der Waals surface area contributed by atoms with Crippen molar-refractivity contribution >= 4 is 34.9 Å². The van der Waals surface area contributed by atoms with Gasteiger partial charge in [-0.3, -0.25) is 9.59 Å². The van der Waals surface area contributed by atoms with Crippen LogP contribution in [-0.2, 0) is 0 Å². The topological polar surface area (TPSA) is 46.2 Å². The molecule has 102 valence electrons. The van der Waals surface area contributed by atoms with Crippen LogP contribution in [0.25, 0.3) is 0 Å². The molecule has 0 radical (unpaired) electrons. The van der Waals surface area contributed by atoms with Crippen LogP contribution in [0.5, 0.6) is 0 Å². The van der Waals surface area contributed by atoms with Gasteiger partial charge < -0.3 is 5.32 Å². The Balaban J connectivity index is 2.00. The number of Topliss-reactive ketones (excluding diaryl/α,β-unsaturated/α-hetero) is 1. The Morgan fingerprint density at radius 1 is 1.00 bits per heavy atom. The fourth-order valence-electron chi connectivity index (χ4n) is 1.66. The van der Waals surface area contributed by atoms with Crippen LogP contribution in [0.2, 0.25) is 10.0 Å². The van der Waals surface area contributed by atoms with E-state index in [0.29, 0.717) is 10.6 Å². The van der Waals surface area contributed by atoms with Crippen molar-refractivity contribution in [2.45, 2.75) is 0 Å². The monoisotopic (exact) mass is 307 g/mol. The molecule has 0 aliphatic rings. The fourth-order valence-corrected chi connectivity index (χ4v) is 2.15. The molecule has 0 spiro atoms. The average Bonchev–Trinajstić information content (AvgIpc) is 2.45. The lowest BCUT2D eigenvalue weighted by molar-refractivity contribution is 0.0904. The van der Waals surface area contributed by atoms with E-state index in [2.05, 4.69) is 5.32 Å². The summed E-state index contributed by atoms with van der Waals surface area (Å²) in [4.78, 5) is 23.8. The molecule has 0 atom stereocenters. The molecule has 0 aliphatic carbocycles. The first kappa shape index (κ1) is 14.6. The highest BCUT2D eigenvalue weighted by Gasteiger charge is 2.12. The molecule has 0 bridgehead atoms. The zero-order valence-corrected chi connectivity index (χ0v) is 11.9. The Hall–Kier alpha value is -1.84. The molecule has 1 N–H and O–H groups in total. The van der Waals surface area contributed by atoms with Crippen LogP contribution in [0, 0.1) is 0 Å². The van der Waals surface area contributed by atoms with E-state index < -0.39 is 5.91 Å². The molecular formula is C15H11Cl2NO2. The summed E-state index contributed by atoms with van der Waals surface area (Å²) in [5, 5.41) is 3.24. The number of hydrogen-bond donors (Lipinski definition) is 1. The van der Waals surface area contributed by atoms with Crippen molar-refractivity contribution in [1.82, 2.24) is 5.32 Å². The highest BCUT2D eigenvalue weighted by atomic mass is 35.5. The number of nitrogens with one attached hydrogen (secondary N) is 1. The Labute approximate surface area is 126 Å². The van der Waals surface area contributed by atoms with Crippen LogP contribution in [0.3, 0.4) is 0 Å². The molecule has 0 aromatic heterocycles. The van der Waals surface area contributed by atoms with E-state index in [9.17, 15) is 9.59 Å². The molecule has 2 rings (SSSR count). The van der Waals surface area contributed by atoms with Gasteiger partial charge in [0.1, 0.15) is 0 Å². The van der Waals surface area contributed by atoms with Crippen molar-refractivity contribution in [2.75, 3.05) is 6.54 Å². The Bertz CT molecular complexity index is 642.